The molecule has 0 N–H and O–H groups in total. The molecule has 0 bridgehead atoms. The highest BCUT2D eigenvalue weighted by Crippen LogP contribution is 2.33. The third-order valence-electron chi connectivity index (χ3n) is 5.19. The van der Waals surface area contributed by atoms with Crippen LogP contribution in [0.3, 0.4) is 0 Å². The molecule has 0 radical (unpaired) electrons. The lowest BCUT2D eigenvalue weighted by molar-refractivity contribution is 1.18. The fourth-order valence-corrected chi connectivity index (χ4v) is 3.77. The van der Waals surface area contributed by atoms with Gasteiger partial charge < -0.3 is 0 Å². The number of rotatable bonds is 4. The fraction of sp³-hybridized carbons (Fsp3) is 0. The van der Waals surface area contributed by atoms with Crippen LogP contribution in [-0.2, 0) is 0 Å². The maximum absolute atomic E-state index is 6.11. The molecule has 0 saturated carbocycles. The van der Waals surface area contributed by atoms with Gasteiger partial charge in [-0.15, -0.1) is 0 Å². The summed E-state index contributed by atoms with van der Waals surface area (Å²) in [5.41, 5.74) is 7.06. The van der Waals surface area contributed by atoms with Crippen molar-refractivity contribution in [3.05, 3.63) is 120 Å². The molecule has 5 rings (SSSR count). The zero-order valence-electron chi connectivity index (χ0n) is 16.7. The number of aromatic nitrogens is 2. The van der Waals surface area contributed by atoms with Gasteiger partial charge in [0.15, 0.2) is 5.82 Å². The minimum absolute atomic E-state index is 0.700. The highest BCUT2D eigenvalue weighted by atomic mass is 35.5. The Balaban J connectivity index is 1.73. The van der Waals surface area contributed by atoms with Crippen LogP contribution in [-0.4, -0.2) is 9.97 Å². The molecule has 2 nitrogen and oxygen atoms in total. The van der Waals surface area contributed by atoms with Crippen LogP contribution in [0.1, 0.15) is 0 Å². The Morgan fingerprint density at radius 3 is 1.55 bits per heavy atom. The molecule has 0 unspecified atom stereocenters. The van der Waals surface area contributed by atoms with Crippen molar-refractivity contribution in [2.24, 2.45) is 0 Å². The molecule has 0 amide bonds. The topological polar surface area (TPSA) is 25.8 Å². The summed E-state index contributed by atoms with van der Waals surface area (Å²) in [5, 5.41) is 0.704. The predicted molar refractivity (Wildman–Crippen MR) is 129 cm³/mol. The van der Waals surface area contributed by atoms with E-state index in [1.54, 1.807) is 0 Å². The van der Waals surface area contributed by atoms with Crippen molar-refractivity contribution in [2.45, 2.75) is 0 Å². The summed E-state index contributed by atoms with van der Waals surface area (Å²) < 4.78 is 0. The largest absolute Gasteiger partial charge is 0.228 e. The Morgan fingerprint density at radius 2 is 0.935 bits per heavy atom. The molecule has 0 fully saturated rings. The summed E-state index contributed by atoms with van der Waals surface area (Å²) in [7, 11) is 0. The normalized spacial score (nSPS) is 10.7. The van der Waals surface area contributed by atoms with E-state index in [4.69, 9.17) is 21.6 Å². The van der Waals surface area contributed by atoms with E-state index in [1.807, 2.05) is 78.9 Å². The molecule has 1 heterocycles. The van der Waals surface area contributed by atoms with Gasteiger partial charge in [-0.25, -0.2) is 9.97 Å². The molecule has 5 aromatic rings. The van der Waals surface area contributed by atoms with Gasteiger partial charge in [-0.05, 0) is 29.3 Å². The zero-order valence-corrected chi connectivity index (χ0v) is 17.5. The van der Waals surface area contributed by atoms with E-state index >= 15 is 0 Å². The second kappa shape index (κ2) is 8.55. The van der Waals surface area contributed by atoms with Crippen molar-refractivity contribution in [1.82, 2.24) is 9.97 Å². The minimum Gasteiger partial charge on any atom is -0.228 e. The van der Waals surface area contributed by atoms with Gasteiger partial charge in [0.2, 0.25) is 0 Å². The molecule has 31 heavy (non-hydrogen) atoms. The van der Waals surface area contributed by atoms with Crippen LogP contribution in [0.5, 0.6) is 0 Å². The first-order valence-corrected chi connectivity index (χ1v) is 10.5. The summed E-state index contributed by atoms with van der Waals surface area (Å²) in [6.45, 7) is 0. The lowest BCUT2D eigenvalue weighted by Crippen LogP contribution is -1.97. The van der Waals surface area contributed by atoms with Gasteiger partial charge in [0, 0.05) is 21.7 Å². The molecule has 0 spiro atoms. The van der Waals surface area contributed by atoms with Crippen LogP contribution < -0.4 is 0 Å². The number of halogens is 1. The third kappa shape index (κ3) is 4.11. The lowest BCUT2D eigenvalue weighted by atomic mass is 9.98. The van der Waals surface area contributed by atoms with Gasteiger partial charge in [-0.3, -0.25) is 0 Å². The molecule has 0 aliphatic heterocycles. The van der Waals surface area contributed by atoms with E-state index < -0.39 is 0 Å². The summed E-state index contributed by atoms with van der Waals surface area (Å²) in [6.07, 6.45) is 0. The Bertz CT molecular complexity index is 1310. The first kappa shape index (κ1) is 19.2. The molecule has 0 saturated heterocycles. The van der Waals surface area contributed by atoms with E-state index in [-0.39, 0.29) is 0 Å². The summed E-state index contributed by atoms with van der Waals surface area (Å²) in [4.78, 5) is 9.93. The Labute approximate surface area is 186 Å². The van der Waals surface area contributed by atoms with Crippen LogP contribution in [0.4, 0.5) is 0 Å². The maximum atomic E-state index is 6.11. The minimum atomic E-state index is 0.700. The second-order valence-corrected chi connectivity index (χ2v) is 7.68. The zero-order chi connectivity index (χ0) is 21.0. The molecule has 3 heteroatoms. The number of nitrogens with zero attached hydrogens (tertiary/aromatic N) is 2. The van der Waals surface area contributed by atoms with Crippen LogP contribution in [0.25, 0.3) is 45.0 Å². The van der Waals surface area contributed by atoms with Gasteiger partial charge in [0.05, 0.1) is 11.4 Å². The van der Waals surface area contributed by atoms with Gasteiger partial charge in [0.25, 0.3) is 0 Å². The highest BCUT2D eigenvalue weighted by molar-refractivity contribution is 6.30. The number of benzene rings is 4. The van der Waals surface area contributed by atoms with E-state index in [2.05, 4.69) is 36.4 Å². The fourth-order valence-electron chi connectivity index (χ4n) is 3.64. The van der Waals surface area contributed by atoms with Crippen molar-refractivity contribution in [2.75, 3.05) is 0 Å². The SMILES string of the molecule is Clc1ccc(-c2cc(-c3ccccc3)nc(-c3ccccc3-c3ccccc3)n2)cc1. The van der Waals surface area contributed by atoms with Crippen LogP contribution in [0.15, 0.2) is 115 Å². The van der Waals surface area contributed by atoms with Gasteiger partial charge in [-0.1, -0.05) is 109 Å². The van der Waals surface area contributed by atoms with Crippen molar-refractivity contribution >= 4 is 11.6 Å². The van der Waals surface area contributed by atoms with E-state index in [9.17, 15) is 0 Å². The maximum Gasteiger partial charge on any atom is 0.161 e. The first-order chi connectivity index (χ1) is 15.3. The highest BCUT2D eigenvalue weighted by Gasteiger charge is 2.14. The summed E-state index contributed by atoms with van der Waals surface area (Å²) in [6, 6.07) is 38.6. The Hall–Kier alpha value is -3.75. The average Bonchev–Trinajstić information content (AvgIpc) is 2.85. The Morgan fingerprint density at radius 1 is 0.452 bits per heavy atom. The van der Waals surface area contributed by atoms with Crippen LogP contribution in [0.2, 0.25) is 5.02 Å². The van der Waals surface area contributed by atoms with Crippen molar-refractivity contribution in [3.63, 3.8) is 0 Å². The monoisotopic (exact) mass is 418 g/mol. The average molecular weight is 419 g/mol. The lowest BCUT2D eigenvalue weighted by Gasteiger charge is -2.12. The van der Waals surface area contributed by atoms with Gasteiger partial charge in [-0.2, -0.15) is 0 Å². The van der Waals surface area contributed by atoms with Crippen LogP contribution >= 0.6 is 11.6 Å². The molecule has 0 aliphatic carbocycles. The van der Waals surface area contributed by atoms with E-state index in [0.717, 1.165) is 39.2 Å². The van der Waals surface area contributed by atoms with Crippen molar-refractivity contribution in [3.8, 4) is 45.0 Å². The predicted octanol–water partition coefficient (Wildman–Crippen LogP) is 7.80. The molecule has 0 aliphatic rings. The standard InChI is InChI=1S/C28H19ClN2/c29-23-17-15-22(16-18-23)27-19-26(21-11-5-2-6-12-21)30-28(31-27)25-14-8-7-13-24(25)20-9-3-1-4-10-20/h1-19H. The molecule has 148 valence electrons. The van der Waals surface area contributed by atoms with Crippen LogP contribution in [0, 0.1) is 0 Å². The second-order valence-electron chi connectivity index (χ2n) is 7.25. The Kier molecular flexibility index (Phi) is 5.30. The van der Waals surface area contributed by atoms with Gasteiger partial charge >= 0.3 is 0 Å². The molecule has 0 atom stereocenters. The molecular formula is C28H19ClN2. The smallest absolute Gasteiger partial charge is 0.161 e. The number of hydrogen-bond donors (Lipinski definition) is 0. The molecule has 4 aromatic carbocycles. The van der Waals surface area contributed by atoms with Gasteiger partial charge in [0.1, 0.15) is 0 Å². The number of hydrogen-bond acceptors (Lipinski definition) is 2. The first-order valence-electron chi connectivity index (χ1n) is 10.1. The molecule has 1 aromatic heterocycles. The summed E-state index contributed by atoms with van der Waals surface area (Å²) in [5.74, 6) is 0.700. The van der Waals surface area contributed by atoms with Crippen molar-refractivity contribution in [1.29, 1.82) is 0 Å². The van der Waals surface area contributed by atoms with E-state index in [1.165, 1.54) is 0 Å². The third-order valence-corrected chi connectivity index (χ3v) is 5.44. The van der Waals surface area contributed by atoms with E-state index in [0.29, 0.717) is 10.8 Å². The summed E-state index contributed by atoms with van der Waals surface area (Å²) >= 11 is 6.11. The molecular weight excluding hydrogens is 400 g/mol. The quantitative estimate of drug-likeness (QED) is 0.297. The van der Waals surface area contributed by atoms with Crippen molar-refractivity contribution < 1.29 is 0 Å².